The predicted octanol–water partition coefficient (Wildman–Crippen LogP) is 4.16. The molecule has 1 aliphatic rings. The van der Waals surface area contributed by atoms with Gasteiger partial charge >= 0.3 is 5.97 Å². The van der Waals surface area contributed by atoms with Crippen LogP contribution in [-0.4, -0.2) is 23.5 Å². The average molecular weight is 331 g/mol. The molecule has 1 aliphatic heterocycles. The topological polar surface area (TPSA) is 29.5 Å². The van der Waals surface area contributed by atoms with Crippen molar-refractivity contribution in [3.8, 4) is 0 Å². The van der Waals surface area contributed by atoms with Crippen LogP contribution in [0.3, 0.4) is 0 Å². The molecule has 0 spiro atoms. The molecule has 24 heavy (non-hydrogen) atoms. The second-order valence-electron chi connectivity index (χ2n) is 6.00. The lowest BCUT2D eigenvalue weighted by atomic mass is 9.94. The van der Waals surface area contributed by atoms with E-state index < -0.39 is 17.9 Å². The van der Waals surface area contributed by atoms with Gasteiger partial charge in [-0.05, 0) is 11.1 Å². The first-order chi connectivity index (χ1) is 11.5. The van der Waals surface area contributed by atoms with Crippen molar-refractivity contribution in [2.24, 2.45) is 0 Å². The van der Waals surface area contributed by atoms with E-state index in [0.717, 1.165) is 11.1 Å². The SMILES string of the molecule is O=C(Cc1ccccc1)ON1CCC(F)(F)C[C@H]1c1ccccc1. The van der Waals surface area contributed by atoms with Gasteiger partial charge in [-0.25, -0.2) is 13.6 Å². The predicted molar refractivity (Wildman–Crippen MR) is 86.3 cm³/mol. The molecule has 0 unspecified atom stereocenters. The number of piperidine rings is 1. The molecular formula is C19H19F2NO2. The van der Waals surface area contributed by atoms with Gasteiger partial charge in [-0.15, -0.1) is 5.06 Å². The van der Waals surface area contributed by atoms with Crippen molar-refractivity contribution in [3.05, 3.63) is 71.8 Å². The number of halogens is 2. The van der Waals surface area contributed by atoms with Gasteiger partial charge in [-0.3, -0.25) is 0 Å². The van der Waals surface area contributed by atoms with Crippen molar-refractivity contribution in [2.45, 2.75) is 31.2 Å². The summed E-state index contributed by atoms with van der Waals surface area (Å²) in [5.41, 5.74) is 1.56. The van der Waals surface area contributed by atoms with Crippen LogP contribution in [0.2, 0.25) is 0 Å². The van der Waals surface area contributed by atoms with Crippen LogP contribution in [0.25, 0.3) is 0 Å². The Balaban J connectivity index is 1.71. The minimum Gasteiger partial charge on any atom is -0.367 e. The summed E-state index contributed by atoms with van der Waals surface area (Å²) < 4.78 is 27.7. The highest BCUT2D eigenvalue weighted by Crippen LogP contribution is 2.39. The highest BCUT2D eigenvalue weighted by atomic mass is 19.3. The second-order valence-corrected chi connectivity index (χ2v) is 6.00. The van der Waals surface area contributed by atoms with E-state index in [-0.39, 0.29) is 25.8 Å². The zero-order valence-electron chi connectivity index (χ0n) is 13.2. The molecule has 3 rings (SSSR count). The number of hydrogen-bond donors (Lipinski definition) is 0. The van der Waals surface area contributed by atoms with Gasteiger partial charge in [-0.1, -0.05) is 60.7 Å². The van der Waals surface area contributed by atoms with Crippen molar-refractivity contribution in [3.63, 3.8) is 0 Å². The Morgan fingerprint density at radius 2 is 1.71 bits per heavy atom. The molecule has 0 radical (unpaired) electrons. The van der Waals surface area contributed by atoms with Gasteiger partial charge in [0, 0.05) is 19.4 Å². The molecule has 2 aromatic carbocycles. The third kappa shape index (κ3) is 4.17. The molecule has 1 heterocycles. The first-order valence-corrected chi connectivity index (χ1v) is 7.98. The molecular weight excluding hydrogens is 312 g/mol. The summed E-state index contributed by atoms with van der Waals surface area (Å²) in [6, 6.07) is 17.6. The van der Waals surface area contributed by atoms with Gasteiger partial charge in [0.15, 0.2) is 0 Å². The van der Waals surface area contributed by atoms with E-state index in [4.69, 9.17) is 4.84 Å². The molecule has 0 aromatic heterocycles. The minimum atomic E-state index is -2.75. The largest absolute Gasteiger partial charge is 0.367 e. The molecule has 0 N–H and O–H groups in total. The lowest BCUT2D eigenvalue weighted by Gasteiger charge is -2.37. The quantitative estimate of drug-likeness (QED) is 0.842. The Morgan fingerprint density at radius 3 is 2.38 bits per heavy atom. The van der Waals surface area contributed by atoms with Crippen molar-refractivity contribution in [1.29, 1.82) is 0 Å². The van der Waals surface area contributed by atoms with E-state index in [0.29, 0.717) is 0 Å². The summed E-state index contributed by atoms with van der Waals surface area (Å²) in [5, 5.41) is 1.40. The van der Waals surface area contributed by atoms with Gasteiger partial charge in [0.2, 0.25) is 0 Å². The zero-order chi connectivity index (χ0) is 17.0. The molecule has 0 saturated carbocycles. The molecule has 3 nitrogen and oxygen atoms in total. The number of benzene rings is 2. The number of carbonyl (C=O) groups excluding carboxylic acids is 1. The van der Waals surface area contributed by atoms with Crippen molar-refractivity contribution in [2.75, 3.05) is 6.54 Å². The molecule has 0 aliphatic carbocycles. The Bertz CT molecular complexity index is 676. The van der Waals surface area contributed by atoms with Crippen LogP contribution in [0.1, 0.15) is 30.0 Å². The number of nitrogens with zero attached hydrogens (tertiary/aromatic N) is 1. The van der Waals surface area contributed by atoms with Crippen LogP contribution < -0.4 is 0 Å². The summed E-state index contributed by atoms with van der Waals surface area (Å²) >= 11 is 0. The van der Waals surface area contributed by atoms with E-state index in [2.05, 4.69) is 0 Å². The number of carbonyl (C=O) groups is 1. The van der Waals surface area contributed by atoms with Gasteiger partial charge in [-0.2, -0.15) is 0 Å². The van der Waals surface area contributed by atoms with Crippen LogP contribution in [0, 0.1) is 0 Å². The Labute approximate surface area is 139 Å². The van der Waals surface area contributed by atoms with Crippen LogP contribution in [0.5, 0.6) is 0 Å². The molecule has 0 amide bonds. The zero-order valence-corrected chi connectivity index (χ0v) is 13.2. The highest BCUT2D eigenvalue weighted by Gasteiger charge is 2.42. The number of rotatable bonds is 4. The van der Waals surface area contributed by atoms with E-state index >= 15 is 0 Å². The molecule has 5 heteroatoms. The summed E-state index contributed by atoms with van der Waals surface area (Å²) in [6.07, 6.45) is -0.542. The Morgan fingerprint density at radius 1 is 1.08 bits per heavy atom. The summed E-state index contributed by atoms with van der Waals surface area (Å²) in [5.74, 6) is -3.18. The molecule has 1 saturated heterocycles. The molecule has 1 atom stereocenters. The van der Waals surface area contributed by atoms with Crippen LogP contribution >= 0.6 is 0 Å². The Kier molecular flexibility index (Phi) is 4.90. The van der Waals surface area contributed by atoms with Gasteiger partial charge in [0.05, 0.1) is 12.5 Å². The molecule has 0 bridgehead atoms. The van der Waals surface area contributed by atoms with Crippen molar-refractivity contribution in [1.82, 2.24) is 5.06 Å². The van der Waals surface area contributed by atoms with Gasteiger partial charge in [0.25, 0.3) is 5.92 Å². The van der Waals surface area contributed by atoms with Crippen molar-refractivity contribution < 1.29 is 18.4 Å². The number of alkyl halides is 2. The van der Waals surface area contributed by atoms with E-state index in [1.807, 2.05) is 36.4 Å². The first-order valence-electron chi connectivity index (χ1n) is 7.98. The fourth-order valence-corrected chi connectivity index (χ4v) is 2.91. The Hall–Kier alpha value is -2.27. The van der Waals surface area contributed by atoms with Crippen LogP contribution in [0.4, 0.5) is 8.78 Å². The summed E-state index contributed by atoms with van der Waals surface area (Å²) in [7, 11) is 0. The summed E-state index contributed by atoms with van der Waals surface area (Å²) in [6.45, 7) is 0.0209. The lowest BCUT2D eigenvalue weighted by Crippen LogP contribution is -2.43. The molecule has 1 fully saturated rings. The van der Waals surface area contributed by atoms with E-state index in [1.165, 1.54) is 5.06 Å². The van der Waals surface area contributed by atoms with Gasteiger partial charge in [0.1, 0.15) is 0 Å². The molecule has 126 valence electrons. The smallest absolute Gasteiger partial charge is 0.329 e. The van der Waals surface area contributed by atoms with Crippen LogP contribution in [0.15, 0.2) is 60.7 Å². The normalized spacial score (nSPS) is 20.5. The van der Waals surface area contributed by atoms with Gasteiger partial charge < -0.3 is 4.84 Å². The number of hydroxylamine groups is 2. The monoisotopic (exact) mass is 331 g/mol. The highest BCUT2D eigenvalue weighted by molar-refractivity contribution is 5.72. The third-order valence-corrected chi connectivity index (χ3v) is 4.13. The number of hydrogen-bond acceptors (Lipinski definition) is 3. The maximum Gasteiger partial charge on any atom is 0.329 e. The summed E-state index contributed by atoms with van der Waals surface area (Å²) in [4.78, 5) is 17.6. The standard InChI is InChI=1S/C19H19F2NO2/c20-19(21)11-12-22(17(14-19)16-9-5-2-6-10-16)24-18(23)13-15-7-3-1-4-8-15/h1-10,17H,11-14H2/t17-/m0/s1. The fraction of sp³-hybridized carbons (Fsp3) is 0.316. The average Bonchev–Trinajstić information content (AvgIpc) is 2.58. The second kappa shape index (κ2) is 7.09. The van der Waals surface area contributed by atoms with Crippen LogP contribution in [-0.2, 0) is 16.1 Å². The molecule has 2 aromatic rings. The first kappa shape index (κ1) is 16.6. The van der Waals surface area contributed by atoms with E-state index in [9.17, 15) is 13.6 Å². The lowest BCUT2D eigenvalue weighted by molar-refractivity contribution is -0.229. The van der Waals surface area contributed by atoms with Crippen molar-refractivity contribution >= 4 is 5.97 Å². The fourth-order valence-electron chi connectivity index (χ4n) is 2.91. The maximum absolute atomic E-state index is 13.8. The minimum absolute atomic E-state index is 0.0209. The third-order valence-electron chi connectivity index (χ3n) is 4.13. The van der Waals surface area contributed by atoms with E-state index in [1.54, 1.807) is 24.3 Å². The maximum atomic E-state index is 13.8.